The molecule has 1 aromatic heterocycles. The van der Waals surface area contributed by atoms with E-state index in [1.807, 2.05) is 0 Å². The molecule has 8 nitrogen and oxygen atoms in total. The van der Waals surface area contributed by atoms with Crippen LogP contribution >= 0.6 is 0 Å². The summed E-state index contributed by atoms with van der Waals surface area (Å²) in [7, 11) is -2.60. The number of carbonyl (C=O) groups excluding carboxylic acids is 1. The van der Waals surface area contributed by atoms with Crippen molar-refractivity contribution in [1.82, 2.24) is 10.5 Å². The molecule has 0 aliphatic carbocycles. The topological polar surface area (TPSA) is 109 Å². The van der Waals surface area contributed by atoms with Gasteiger partial charge < -0.3 is 4.74 Å². The zero-order valence-electron chi connectivity index (χ0n) is 16.4. The number of rotatable bonds is 7. The highest BCUT2D eigenvalue weighted by atomic mass is 32.2. The molecule has 9 heteroatoms. The molecule has 0 fully saturated rings. The number of para-hydroxylation sites is 1. The first-order valence-corrected chi connectivity index (χ1v) is 10.4. The van der Waals surface area contributed by atoms with Gasteiger partial charge in [-0.25, -0.2) is 13.9 Å². The zero-order valence-corrected chi connectivity index (χ0v) is 17.3. The number of amides is 1. The predicted molar refractivity (Wildman–Crippen MR) is 111 cm³/mol. The molecule has 1 amide bonds. The van der Waals surface area contributed by atoms with Gasteiger partial charge in [0.2, 0.25) is 0 Å². The van der Waals surface area contributed by atoms with Crippen LogP contribution in [0.5, 0.6) is 5.75 Å². The maximum Gasteiger partial charge on any atom is 0.276 e. The second-order valence-electron chi connectivity index (χ2n) is 6.42. The fourth-order valence-corrected chi connectivity index (χ4v) is 4.55. The Morgan fingerprint density at radius 2 is 1.83 bits per heavy atom. The van der Waals surface area contributed by atoms with Crippen molar-refractivity contribution in [1.29, 1.82) is 0 Å². The van der Waals surface area contributed by atoms with Crippen LogP contribution in [0.2, 0.25) is 0 Å². The maximum absolute atomic E-state index is 13.6. The SMILES string of the molecule is COc1ccc(S(=O)(=O)N(Cc2ccccn2)c2c(C)cccc2C(=O)NO)cc1. The van der Waals surface area contributed by atoms with Crippen molar-refractivity contribution in [2.24, 2.45) is 0 Å². The number of ether oxygens (including phenoxy) is 1. The number of nitrogens with one attached hydrogen (secondary N) is 1. The highest BCUT2D eigenvalue weighted by Crippen LogP contribution is 2.32. The van der Waals surface area contributed by atoms with E-state index in [0.717, 1.165) is 4.31 Å². The average molecular weight is 427 g/mol. The van der Waals surface area contributed by atoms with Crippen LogP contribution in [0.15, 0.2) is 71.8 Å². The highest BCUT2D eigenvalue weighted by Gasteiger charge is 2.30. The summed E-state index contributed by atoms with van der Waals surface area (Å²) in [5.41, 5.74) is 2.80. The normalized spacial score (nSPS) is 11.0. The van der Waals surface area contributed by atoms with Gasteiger partial charge in [-0.3, -0.25) is 19.3 Å². The van der Waals surface area contributed by atoms with Crippen molar-refractivity contribution in [2.75, 3.05) is 11.4 Å². The molecule has 0 bridgehead atoms. The van der Waals surface area contributed by atoms with E-state index in [9.17, 15) is 13.2 Å². The number of aryl methyl sites for hydroxylation is 1. The fraction of sp³-hybridized carbons (Fsp3) is 0.143. The molecule has 3 rings (SSSR count). The molecule has 0 spiro atoms. The molecule has 0 aliphatic heterocycles. The lowest BCUT2D eigenvalue weighted by Crippen LogP contribution is -2.34. The number of pyridine rings is 1. The summed E-state index contributed by atoms with van der Waals surface area (Å²) in [4.78, 5) is 16.5. The quantitative estimate of drug-likeness (QED) is 0.443. The minimum absolute atomic E-state index is 0.0190. The molecular formula is C21H21N3O5S. The number of nitrogens with zero attached hydrogens (tertiary/aromatic N) is 2. The summed E-state index contributed by atoms with van der Waals surface area (Å²) in [6.45, 7) is 1.59. The van der Waals surface area contributed by atoms with E-state index in [-0.39, 0.29) is 22.7 Å². The Kier molecular flexibility index (Phi) is 6.34. The summed E-state index contributed by atoms with van der Waals surface area (Å²) in [6.07, 6.45) is 1.56. The Morgan fingerprint density at radius 1 is 1.10 bits per heavy atom. The molecule has 2 N–H and O–H groups in total. The smallest absolute Gasteiger partial charge is 0.276 e. The lowest BCUT2D eigenvalue weighted by atomic mass is 10.1. The van der Waals surface area contributed by atoms with Crippen molar-refractivity contribution in [3.63, 3.8) is 0 Å². The van der Waals surface area contributed by atoms with Gasteiger partial charge in [-0.15, -0.1) is 0 Å². The lowest BCUT2D eigenvalue weighted by Gasteiger charge is -2.27. The largest absolute Gasteiger partial charge is 0.497 e. The zero-order chi connectivity index (χ0) is 21.7. The Labute approximate surface area is 174 Å². The second kappa shape index (κ2) is 8.93. The van der Waals surface area contributed by atoms with E-state index in [0.29, 0.717) is 17.0 Å². The van der Waals surface area contributed by atoms with E-state index in [4.69, 9.17) is 9.94 Å². The number of hydrogen-bond donors (Lipinski definition) is 2. The molecule has 3 aromatic rings. The van der Waals surface area contributed by atoms with E-state index in [1.54, 1.807) is 61.1 Å². The Morgan fingerprint density at radius 3 is 2.43 bits per heavy atom. The van der Waals surface area contributed by atoms with Crippen molar-refractivity contribution >= 4 is 21.6 Å². The highest BCUT2D eigenvalue weighted by molar-refractivity contribution is 7.92. The third-order valence-electron chi connectivity index (χ3n) is 4.51. The molecule has 0 atom stereocenters. The average Bonchev–Trinajstić information content (AvgIpc) is 2.77. The molecule has 1 heterocycles. The standard InChI is InChI=1S/C21H21N3O5S/c1-15-6-5-8-19(21(25)23-26)20(15)24(14-16-7-3-4-13-22-16)30(27,28)18-11-9-17(29-2)10-12-18/h3-13,26H,14H2,1-2H3,(H,23,25). The summed E-state index contributed by atoms with van der Waals surface area (Å²) in [6, 6.07) is 15.9. The molecule has 0 unspecified atom stereocenters. The van der Waals surface area contributed by atoms with Crippen LogP contribution in [-0.4, -0.2) is 31.6 Å². The maximum atomic E-state index is 13.6. The first kappa shape index (κ1) is 21.3. The molecule has 0 saturated carbocycles. The number of hydrogen-bond acceptors (Lipinski definition) is 6. The minimum Gasteiger partial charge on any atom is -0.497 e. The van der Waals surface area contributed by atoms with Crippen LogP contribution in [0.3, 0.4) is 0 Å². The summed E-state index contributed by atoms with van der Waals surface area (Å²) >= 11 is 0. The number of sulfonamides is 1. The number of methoxy groups -OCH3 is 1. The Hall–Kier alpha value is -3.43. The van der Waals surface area contributed by atoms with Crippen LogP contribution < -0.4 is 14.5 Å². The third-order valence-corrected chi connectivity index (χ3v) is 6.27. The lowest BCUT2D eigenvalue weighted by molar-refractivity contribution is 0.0707. The van der Waals surface area contributed by atoms with E-state index in [2.05, 4.69) is 4.98 Å². The van der Waals surface area contributed by atoms with Crippen molar-refractivity contribution in [2.45, 2.75) is 18.4 Å². The minimum atomic E-state index is -4.09. The molecule has 0 aliphatic rings. The van der Waals surface area contributed by atoms with Gasteiger partial charge in [0.15, 0.2) is 0 Å². The number of anilines is 1. The monoisotopic (exact) mass is 427 g/mol. The predicted octanol–water partition coefficient (Wildman–Crippen LogP) is 2.91. The van der Waals surface area contributed by atoms with Crippen molar-refractivity contribution in [3.8, 4) is 5.75 Å². The molecule has 0 radical (unpaired) electrons. The van der Waals surface area contributed by atoms with E-state index >= 15 is 0 Å². The molecule has 156 valence electrons. The first-order chi connectivity index (χ1) is 14.4. The summed E-state index contributed by atoms with van der Waals surface area (Å²) in [5.74, 6) is -0.300. The second-order valence-corrected chi connectivity index (χ2v) is 8.28. The van der Waals surface area contributed by atoms with Gasteiger partial charge in [0.05, 0.1) is 35.5 Å². The number of benzene rings is 2. The van der Waals surface area contributed by atoms with E-state index in [1.165, 1.54) is 25.3 Å². The van der Waals surface area contributed by atoms with Crippen LogP contribution in [0.25, 0.3) is 0 Å². The van der Waals surface area contributed by atoms with Gasteiger partial charge in [0.1, 0.15) is 5.75 Å². The van der Waals surface area contributed by atoms with Crippen LogP contribution in [0, 0.1) is 6.92 Å². The van der Waals surface area contributed by atoms with Crippen molar-refractivity contribution in [3.05, 3.63) is 83.7 Å². The van der Waals surface area contributed by atoms with Gasteiger partial charge in [0.25, 0.3) is 15.9 Å². The molecule has 2 aromatic carbocycles. The van der Waals surface area contributed by atoms with Gasteiger partial charge in [-0.05, 0) is 55.0 Å². The number of carbonyl (C=O) groups is 1. The first-order valence-electron chi connectivity index (χ1n) is 8.99. The third kappa shape index (κ3) is 4.27. The summed E-state index contributed by atoms with van der Waals surface area (Å²) < 4.78 is 33.5. The van der Waals surface area contributed by atoms with Crippen LogP contribution in [0.4, 0.5) is 5.69 Å². The van der Waals surface area contributed by atoms with Crippen molar-refractivity contribution < 1.29 is 23.2 Å². The molecule has 30 heavy (non-hydrogen) atoms. The fourth-order valence-electron chi connectivity index (χ4n) is 3.03. The van der Waals surface area contributed by atoms with Gasteiger partial charge >= 0.3 is 0 Å². The Balaban J connectivity index is 2.20. The van der Waals surface area contributed by atoms with Gasteiger partial charge in [0, 0.05) is 6.20 Å². The molecule has 0 saturated heterocycles. The van der Waals surface area contributed by atoms with Gasteiger partial charge in [-0.2, -0.15) is 0 Å². The van der Waals surface area contributed by atoms with Gasteiger partial charge in [-0.1, -0.05) is 18.2 Å². The Bertz CT molecular complexity index is 1130. The summed E-state index contributed by atoms with van der Waals surface area (Å²) in [5, 5.41) is 9.16. The van der Waals surface area contributed by atoms with E-state index < -0.39 is 15.9 Å². The number of aromatic nitrogens is 1. The number of hydroxylamine groups is 1. The van der Waals surface area contributed by atoms with Crippen LogP contribution in [0.1, 0.15) is 21.6 Å². The van der Waals surface area contributed by atoms with Crippen LogP contribution in [-0.2, 0) is 16.6 Å². The molecular weight excluding hydrogens is 406 g/mol.